The molecule has 2 nitrogen and oxygen atoms in total. The summed E-state index contributed by atoms with van der Waals surface area (Å²) >= 11 is 5.95. The van der Waals surface area contributed by atoms with Crippen molar-refractivity contribution in [3.8, 4) is 5.75 Å². The van der Waals surface area contributed by atoms with Gasteiger partial charge in [-0.25, -0.2) is 0 Å². The van der Waals surface area contributed by atoms with E-state index in [2.05, 4.69) is 12.2 Å². The fourth-order valence-electron chi connectivity index (χ4n) is 1.31. The van der Waals surface area contributed by atoms with E-state index in [0.29, 0.717) is 0 Å². The third-order valence-corrected chi connectivity index (χ3v) is 2.19. The summed E-state index contributed by atoms with van der Waals surface area (Å²) in [7, 11) is 0. The monoisotopic (exact) mass is 227 g/mol. The minimum atomic E-state index is 0.187. The van der Waals surface area contributed by atoms with Gasteiger partial charge in [0.25, 0.3) is 0 Å². The Bertz CT molecular complexity index is 312. The lowest BCUT2D eigenvalue weighted by atomic mass is 10.2. The molecule has 0 aliphatic rings. The summed E-state index contributed by atoms with van der Waals surface area (Å²) in [6.45, 7) is 7.84. The molecule has 0 radical (unpaired) electrons. The molecule has 15 heavy (non-hydrogen) atoms. The van der Waals surface area contributed by atoms with Gasteiger partial charge in [0, 0.05) is 17.1 Å². The quantitative estimate of drug-likeness (QED) is 0.834. The second-order valence-electron chi connectivity index (χ2n) is 3.70. The van der Waals surface area contributed by atoms with Gasteiger partial charge in [0.1, 0.15) is 5.75 Å². The van der Waals surface area contributed by atoms with E-state index >= 15 is 0 Å². The van der Waals surface area contributed by atoms with Crippen LogP contribution in [-0.4, -0.2) is 12.6 Å². The third-order valence-electron chi connectivity index (χ3n) is 1.95. The van der Waals surface area contributed by atoms with Gasteiger partial charge in [-0.2, -0.15) is 0 Å². The van der Waals surface area contributed by atoms with Gasteiger partial charge < -0.3 is 10.1 Å². The molecule has 0 amide bonds. The van der Waals surface area contributed by atoms with Crippen LogP contribution in [0.3, 0.4) is 0 Å². The number of hydrogen-bond acceptors (Lipinski definition) is 2. The molecule has 3 heteroatoms. The molecule has 84 valence electrons. The van der Waals surface area contributed by atoms with E-state index in [1.165, 1.54) is 0 Å². The SMILES string of the molecule is CCNCc1cc(Cl)ccc1OC(C)C. The van der Waals surface area contributed by atoms with Gasteiger partial charge in [0.2, 0.25) is 0 Å². The van der Waals surface area contributed by atoms with Crippen molar-refractivity contribution in [1.82, 2.24) is 5.32 Å². The first-order chi connectivity index (χ1) is 7.13. The summed E-state index contributed by atoms with van der Waals surface area (Å²) in [5.74, 6) is 0.912. The van der Waals surface area contributed by atoms with Crippen molar-refractivity contribution >= 4 is 11.6 Å². The highest BCUT2D eigenvalue weighted by molar-refractivity contribution is 6.30. The van der Waals surface area contributed by atoms with Crippen LogP contribution in [-0.2, 0) is 6.54 Å². The van der Waals surface area contributed by atoms with Crippen LogP contribution in [0.5, 0.6) is 5.75 Å². The first kappa shape index (κ1) is 12.3. The van der Waals surface area contributed by atoms with E-state index < -0.39 is 0 Å². The molecule has 0 spiro atoms. The van der Waals surface area contributed by atoms with Gasteiger partial charge in [-0.05, 0) is 38.6 Å². The van der Waals surface area contributed by atoms with E-state index in [9.17, 15) is 0 Å². The topological polar surface area (TPSA) is 21.3 Å². The van der Waals surface area contributed by atoms with Crippen LogP contribution in [0.15, 0.2) is 18.2 Å². The van der Waals surface area contributed by atoms with Crippen molar-refractivity contribution in [2.24, 2.45) is 0 Å². The van der Waals surface area contributed by atoms with Crippen molar-refractivity contribution in [2.75, 3.05) is 6.54 Å². The van der Waals surface area contributed by atoms with E-state index in [1.807, 2.05) is 32.0 Å². The molecule has 1 aromatic rings. The highest BCUT2D eigenvalue weighted by atomic mass is 35.5. The molecule has 0 saturated carbocycles. The standard InChI is InChI=1S/C12H18ClNO/c1-4-14-8-10-7-11(13)5-6-12(10)15-9(2)3/h5-7,9,14H,4,8H2,1-3H3. The van der Waals surface area contributed by atoms with Crippen molar-refractivity contribution in [3.63, 3.8) is 0 Å². The summed E-state index contributed by atoms with van der Waals surface area (Å²) in [6.07, 6.45) is 0.187. The molecule has 0 aromatic heterocycles. The highest BCUT2D eigenvalue weighted by Gasteiger charge is 2.05. The van der Waals surface area contributed by atoms with Crippen LogP contribution in [0.1, 0.15) is 26.3 Å². The third kappa shape index (κ3) is 4.10. The second-order valence-corrected chi connectivity index (χ2v) is 4.14. The molecular weight excluding hydrogens is 210 g/mol. The first-order valence-corrected chi connectivity index (χ1v) is 5.67. The van der Waals surface area contributed by atoms with Crippen LogP contribution in [0.2, 0.25) is 5.02 Å². The van der Waals surface area contributed by atoms with Gasteiger partial charge in [-0.1, -0.05) is 18.5 Å². The molecule has 0 atom stereocenters. The molecule has 0 saturated heterocycles. The molecule has 0 fully saturated rings. The maximum Gasteiger partial charge on any atom is 0.124 e. The average molecular weight is 228 g/mol. The summed E-state index contributed by atoms with van der Waals surface area (Å²) in [6, 6.07) is 5.73. The lowest BCUT2D eigenvalue weighted by Gasteiger charge is -2.14. The number of nitrogens with one attached hydrogen (secondary N) is 1. The normalized spacial score (nSPS) is 10.7. The molecule has 0 unspecified atom stereocenters. The van der Waals surface area contributed by atoms with Gasteiger partial charge in [0.15, 0.2) is 0 Å². The molecule has 1 N–H and O–H groups in total. The van der Waals surface area contributed by atoms with Crippen LogP contribution in [0.25, 0.3) is 0 Å². The molecule has 0 bridgehead atoms. The maximum absolute atomic E-state index is 5.95. The predicted molar refractivity (Wildman–Crippen MR) is 64.6 cm³/mol. The summed E-state index contributed by atoms with van der Waals surface area (Å²) in [5.41, 5.74) is 1.11. The molecule has 0 aliphatic heterocycles. The Kier molecular flexibility index (Phi) is 4.92. The van der Waals surface area contributed by atoms with Crippen LogP contribution in [0, 0.1) is 0 Å². The summed E-state index contributed by atoms with van der Waals surface area (Å²) in [5, 5.41) is 4.02. The van der Waals surface area contributed by atoms with Gasteiger partial charge in [-0.3, -0.25) is 0 Å². The molecular formula is C12H18ClNO. The minimum absolute atomic E-state index is 0.187. The maximum atomic E-state index is 5.95. The zero-order valence-electron chi connectivity index (χ0n) is 9.51. The average Bonchev–Trinajstić information content (AvgIpc) is 2.18. The number of halogens is 1. The van der Waals surface area contributed by atoms with E-state index in [1.54, 1.807) is 0 Å². The van der Waals surface area contributed by atoms with E-state index in [0.717, 1.165) is 29.4 Å². The predicted octanol–water partition coefficient (Wildman–Crippen LogP) is 3.24. The smallest absolute Gasteiger partial charge is 0.124 e. The van der Waals surface area contributed by atoms with Crippen LogP contribution in [0.4, 0.5) is 0 Å². The second kappa shape index (κ2) is 5.99. The zero-order chi connectivity index (χ0) is 11.3. The Hall–Kier alpha value is -0.730. The highest BCUT2D eigenvalue weighted by Crippen LogP contribution is 2.23. The van der Waals surface area contributed by atoms with Gasteiger partial charge in [0.05, 0.1) is 6.10 Å². The van der Waals surface area contributed by atoms with Crippen LogP contribution < -0.4 is 10.1 Å². The molecule has 0 aliphatic carbocycles. The van der Waals surface area contributed by atoms with E-state index in [4.69, 9.17) is 16.3 Å². The first-order valence-electron chi connectivity index (χ1n) is 5.29. The number of rotatable bonds is 5. The molecule has 1 aromatic carbocycles. The van der Waals surface area contributed by atoms with Crippen molar-refractivity contribution < 1.29 is 4.74 Å². The van der Waals surface area contributed by atoms with Crippen LogP contribution >= 0.6 is 11.6 Å². The molecule has 1 rings (SSSR count). The Morgan fingerprint density at radius 1 is 1.40 bits per heavy atom. The lowest BCUT2D eigenvalue weighted by molar-refractivity contribution is 0.239. The van der Waals surface area contributed by atoms with Crippen molar-refractivity contribution in [2.45, 2.75) is 33.4 Å². The molecule has 0 heterocycles. The number of hydrogen-bond donors (Lipinski definition) is 1. The minimum Gasteiger partial charge on any atom is -0.491 e. The van der Waals surface area contributed by atoms with Crippen molar-refractivity contribution in [3.05, 3.63) is 28.8 Å². The van der Waals surface area contributed by atoms with Gasteiger partial charge in [-0.15, -0.1) is 0 Å². The summed E-state index contributed by atoms with van der Waals surface area (Å²) < 4.78 is 5.70. The number of ether oxygens (including phenoxy) is 1. The van der Waals surface area contributed by atoms with E-state index in [-0.39, 0.29) is 6.10 Å². The lowest BCUT2D eigenvalue weighted by Crippen LogP contribution is -2.14. The fraction of sp³-hybridized carbons (Fsp3) is 0.500. The number of benzene rings is 1. The Labute approximate surface area is 96.6 Å². The Morgan fingerprint density at radius 2 is 2.13 bits per heavy atom. The van der Waals surface area contributed by atoms with Crippen molar-refractivity contribution in [1.29, 1.82) is 0 Å². The largest absolute Gasteiger partial charge is 0.491 e. The Morgan fingerprint density at radius 3 is 2.73 bits per heavy atom. The Balaban J connectivity index is 2.82. The summed E-state index contributed by atoms with van der Waals surface area (Å²) in [4.78, 5) is 0. The zero-order valence-corrected chi connectivity index (χ0v) is 10.3. The van der Waals surface area contributed by atoms with Gasteiger partial charge >= 0.3 is 0 Å². The fourth-order valence-corrected chi connectivity index (χ4v) is 1.51.